The number of amides is 2. The van der Waals surface area contributed by atoms with E-state index in [0.29, 0.717) is 5.78 Å². The van der Waals surface area contributed by atoms with Crippen molar-refractivity contribution in [2.45, 2.75) is 0 Å². The molecular formula is C22H21N7O4S. The molecule has 1 saturated heterocycles. The van der Waals surface area contributed by atoms with Gasteiger partial charge in [-0.2, -0.15) is 10.1 Å². The van der Waals surface area contributed by atoms with Crippen LogP contribution >= 0.6 is 0 Å². The fraction of sp³-hybridized carbons (Fsp3) is 0.227. The fourth-order valence-electron chi connectivity index (χ4n) is 3.81. The summed E-state index contributed by atoms with van der Waals surface area (Å²) in [6, 6.07) is 11.3. The summed E-state index contributed by atoms with van der Waals surface area (Å²) in [5, 5.41) is 6.77. The Labute approximate surface area is 195 Å². The van der Waals surface area contributed by atoms with Crippen LogP contribution in [-0.2, 0) is 16.9 Å². The monoisotopic (exact) mass is 479 g/mol. The first-order chi connectivity index (χ1) is 16.3. The van der Waals surface area contributed by atoms with Crippen molar-refractivity contribution in [3.63, 3.8) is 0 Å². The number of rotatable bonds is 4. The van der Waals surface area contributed by atoms with Crippen LogP contribution in [0.5, 0.6) is 0 Å². The Bertz CT molecular complexity index is 1490. The Morgan fingerprint density at radius 3 is 2.50 bits per heavy atom. The maximum absolute atomic E-state index is 13.1. The van der Waals surface area contributed by atoms with Crippen LogP contribution < -0.4 is 5.32 Å². The second-order valence-electron chi connectivity index (χ2n) is 7.94. The highest BCUT2D eigenvalue weighted by molar-refractivity contribution is 7.91. The third-order valence-corrected chi connectivity index (χ3v) is 7.26. The summed E-state index contributed by atoms with van der Waals surface area (Å²) in [5.74, 6) is -0.504. The van der Waals surface area contributed by atoms with E-state index >= 15 is 0 Å². The molecule has 0 spiro atoms. The molecule has 11 nitrogen and oxygen atoms in total. The maximum Gasteiger partial charge on any atom is 0.275 e. The lowest BCUT2D eigenvalue weighted by atomic mass is 10.2. The second kappa shape index (κ2) is 8.37. The number of carbonyl (C=O) groups is 2. The topological polar surface area (TPSA) is 132 Å². The third kappa shape index (κ3) is 4.15. The highest BCUT2D eigenvalue weighted by Gasteiger charge is 2.30. The van der Waals surface area contributed by atoms with Gasteiger partial charge in [0.2, 0.25) is 5.78 Å². The molecule has 0 radical (unpaired) electrons. The van der Waals surface area contributed by atoms with Crippen LogP contribution in [0.15, 0.2) is 55.0 Å². The van der Waals surface area contributed by atoms with Gasteiger partial charge >= 0.3 is 0 Å². The number of hydrogen-bond acceptors (Lipinski definition) is 7. The molecule has 3 aromatic heterocycles. The standard InChI is InChI=1S/C22H21N7O4S/c1-27-19(16(13-23-27)21(31)28-9-11-34(32,33)12-10-28)20(30)25-18-7-8-29-14-17(24-22(29)26-18)15-5-3-2-4-6-15/h2-8,13-14H,9-12H2,1H3,(H,24,25,26,30). The van der Waals surface area contributed by atoms with Crippen molar-refractivity contribution >= 4 is 33.2 Å². The molecule has 4 heterocycles. The van der Waals surface area contributed by atoms with Gasteiger partial charge in [0.25, 0.3) is 11.8 Å². The van der Waals surface area contributed by atoms with Crippen LogP contribution in [0.2, 0.25) is 0 Å². The molecule has 174 valence electrons. The van der Waals surface area contributed by atoms with E-state index in [4.69, 9.17) is 0 Å². The summed E-state index contributed by atoms with van der Waals surface area (Å²) in [4.78, 5) is 36.4. The molecule has 34 heavy (non-hydrogen) atoms. The van der Waals surface area contributed by atoms with Crippen molar-refractivity contribution in [3.05, 3.63) is 66.2 Å². The number of anilines is 1. The van der Waals surface area contributed by atoms with E-state index in [1.165, 1.54) is 15.8 Å². The average Bonchev–Trinajstić information content (AvgIpc) is 3.42. The molecule has 0 atom stereocenters. The van der Waals surface area contributed by atoms with Crippen molar-refractivity contribution in [3.8, 4) is 11.3 Å². The minimum atomic E-state index is -3.14. The highest BCUT2D eigenvalue weighted by atomic mass is 32.2. The summed E-state index contributed by atoms with van der Waals surface area (Å²) in [6.07, 6.45) is 4.90. The second-order valence-corrected chi connectivity index (χ2v) is 10.2. The number of carbonyl (C=O) groups excluding carboxylic acids is 2. The molecule has 2 amide bonds. The number of sulfone groups is 1. The van der Waals surface area contributed by atoms with Gasteiger partial charge in [0, 0.05) is 38.1 Å². The molecule has 1 aliphatic rings. The number of nitrogens with zero attached hydrogens (tertiary/aromatic N) is 6. The van der Waals surface area contributed by atoms with Gasteiger partial charge in [0.15, 0.2) is 9.84 Å². The molecular weight excluding hydrogens is 458 g/mol. The minimum Gasteiger partial charge on any atom is -0.336 e. The number of hydrogen-bond donors (Lipinski definition) is 1. The summed E-state index contributed by atoms with van der Waals surface area (Å²) < 4.78 is 26.4. The summed E-state index contributed by atoms with van der Waals surface area (Å²) in [5.41, 5.74) is 1.86. The van der Waals surface area contributed by atoms with Crippen LogP contribution in [0.3, 0.4) is 0 Å². The molecule has 1 fully saturated rings. The van der Waals surface area contributed by atoms with E-state index in [9.17, 15) is 18.0 Å². The van der Waals surface area contributed by atoms with E-state index < -0.39 is 21.7 Å². The van der Waals surface area contributed by atoms with Crippen molar-refractivity contribution in [2.75, 3.05) is 29.9 Å². The Kier molecular flexibility index (Phi) is 5.36. The number of benzene rings is 1. The molecule has 12 heteroatoms. The number of aryl methyl sites for hydroxylation is 1. The smallest absolute Gasteiger partial charge is 0.275 e. The molecule has 1 N–H and O–H groups in total. The zero-order chi connectivity index (χ0) is 23.9. The molecule has 1 aromatic carbocycles. The van der Waals surface area contributed by atoms with Gasteiger partial charge in [-0.1, -0.05) is 30.3 Å². The fourth-order valence-corrected chi connectivity index (χ4v) is 5.02. The van der Waals surface area contributed by atoms with Crippen molar-refractivity contribution in [2.24, 2.45) is 7.05 Å². The Morgan fingerprint density at radius 1 is 1.03 bits per heavy atom. The Morgan fingerprint density at radius 2 is 1.76 bits per heavy atom. The minimum absolute atomic E-state index is 0.0634. The molecule has 0 aliphatic carbocycles. The summed E-state index contributed by atoms with van der Waals surface area (Å²) >= 11 is 0. The third-order valence-electron chi connectivity index (χ3n) is 5.65. The van der Waals surface area contributed by atoms with Gasteiger partial charge in [-0.15, -0.1) is 0 Å². The van der Waals surface area contributed by atoms with Crippen LogP contribution in [0.25, 0.3) is 17.0 Å². The number of fused-ring (bicyclic) bond motifs is 1. The van der Waals surface area contributed by atoms with Crippen molar-refractivity contribution in [1.29, 1.82) is 0 Å². The predicted molar refractivity (Wildman–Crippen MR) is 124 cm³/mol. The van der Waals surface area contributed by atoms with Crippen LogP contribution in [0.4, 0.5) is 5.82 Å². The van der Waals surface area contributed by atoms with E-state index in [-0.39, 0.29) is 41.7 Å². The lowest BCUT2D eigenvalue weighted by Crippen LogP contribution is -2.44. The lowest BCUT2D eigenvalue weighted by molar-refractivity contribution is 0.0765. The quantitative estimate of drug-likeness (QED) is 0.466. The van der Waals surface area contributed by atoms with Gasteiger partial charge in [-0.25, -0.2) is 13.4 Å². The number of nitrogens with one attached hydrogen (secondary N) is 1. The van der Waals surface area contributed by atoms with E-state index in [2.05, 4.69) is 20.4 Å². The number of imidazole rings is 1. The Hall–Kier alpha value is -4.06. The molecule has 5 rings (SSSR count). The van der Waals surface area contributed by atoms with Crippen LogP contribution in [0.1, 0.15) is 20.8 Å². The summed E-state index contributed by atoms with van der Waals surface area (Å²) in [6.45, 7) is 0.165. The SMILES string of the molecule is Cn1ncc(C(=O)N2CCS(=O)(=O)CC2)c1C(=O)Nc1ccn2cc(-c3ccccc3)nc2n1. The predicted octanol–water partition coefficient (Wildman–Crippen LogP) is 1.25. The van der Waals surface area contributed by atoms with Gasteiger partial charge < -0.3 is 10.2 Å². The van der Waals surface area contributed by atoms with Crippen molar-refractivity contribution in [1.82, 2.24) is 29.0 Å². The first kappa shape index (κ1) is 21.8. The van der Waals surface area contributed by atoms with Crippen molar-refractivity contribution < 1.29 is 18.0 Å². The van der Waals surface area contributed by atoms with Gasteiger partial charge in [-0.3, -0.25) is 18.7 Å². The van der Waals surface area contributed by atoms with Crippen LogP contribution in [-0.4, -0.2) is 73.9 Å². The average molecular weight is 480 g/mol. The number of aromatic nitrogens is 5. The lowest BCUT2D eigenvalue weighted by Gasteiger charge is -2.26. The van der Waals surface area contributed by atoms with Crippen LogP contribution in [0, 0.1) is 0 Å². The Balaban J connectivity index is 1.37. The summed E-state index contributed by atoms with van der Waals surface area (Å²) in [7, 11) is -1.58. The highest BCUT2D eigenvalue weighted by Crippen LogP contribution is 2.20. The molecule has 1 aliphatic heterocycles. The molecule has 0 saturated carbocycles. The van der Waals surface area contributed by atoms with Gasteiger partial charge in [0.1, 0.15) is 11.5 Å². The molecule has 0 unspecified atom stereocenters. The zero-order valence-corrected chi connectivity index (χ0v) is 19.1. The van der Waals surface area contributed by atoms with Gasteiger partial charge in [0.05, 0.1) is 29.0 Å². The maximum atomic E-state index is 13.1. The van der Waals surface area contributed by atoms with E-state index in [0.717, 1.165) is 11.3 Å². The molecule has 0 bridgehead atoms. The first-order valence-corrected chi connectivity index (χ1v) is 12.4. The largest absolute Gasteiger partial charge is 0.336 e. The van der Waals surface area contributed by atoms with Gasteiger partial charge in [-0.05, 0) is 6.07 Å². The zero-order valence-electron chi connectivity index (χ0n) is 18.2. The normalized spacial score (nSPS) is 15.4. The molecule has 4 aromatic rings. The van der Waals surface area contributed by atoms with E-state index in [1.807, 2.05) is 36.5 Å². The first-order valence-electron chi connectivity index (χ1n) is 10.5. The van der Waals surface area contributed by atoms with E-state index in [1.54, 1.807) is 23.7 Å².